The molecule has 108 valence electrons. The highest BCUT2D eigenvalue weighted by Crippen LogP contribution is 2.23. The van der Waals surface area contributed by atoms with E-state index in [4.69, 9.17) is 0 Å². The van der Waals surface area contributed by atoms with Gasteiger partial charge in [0.15, 0.2) is 0 Å². The van der Waals surface area contributed by atoms with E-state index in [1.54, 1.807) is 19.1 Å². The van der Waals surface area contributed by atoms with Crippen molar-refractivity contribution in [1.29, 1.82) is 0 Å². The Hall–Kier alpha value is -2.62. The summed E-state index contributed by atoms with van der Waals surface area (Å²) in [4.78, 5) is 24.5. The highest BCUT2D eigenvalue weighted by molar-refractivity contribution is 6.05. The molecule has 0 aliphatic rings. The van der Waals surface area contributed by atoms with Crippen molar-refractivity contribution >= 4 is 23.2 Å². The first kappa shape index (κ1) is 14.8. The molecule has 0 bridgehead atoms. The quantitative estimate of drug-likeness (QED) is 0.810. The fraction of sp³-hybridized carbons (Fsp3) is 0.176. The Balaban J connectivity index is 2.52. The third kappa shape index (κ3) is 3.28. The molecule has 0 aromatic heterocycles. The molecule has 0 saturated heterocycles. The molecule has 0 unspecified atom stereocenters. The molecule has 0 atom stereocenters. The van der Waals surface area contributed by atoms with E-state index in [1.807, 2.05) is 48.5 Å². The molecule has 0 aliphatic carbocycles. The van der Waals surface area contributed by atoms with Crippen molar-refractivity contribution in [2.75, 3.05) is 10.0 Å². The zero-order valence-corrected chi connectivity index (χ0v) is 12.2. The molecule has 4 heteroatoms. The summed E-state index contributed by atoms with van der Waals surface area (Å²) in [5.74, 6) is -0.355. The molecule has 0 fully saturated rings. The number of carbonyl (C=O) groups is 2. The number of nitrogens with zero attached hydrogens (tertiary/aromatic N) is 2. The van der Waals surface area contributed by atoms with Gasteiger partial charge in [-0.1, -0.05) is 43.3 Å². The van der Waals surface area contributed by atoms with E-state index in [-0.39, 0.29) is 11.8 Å². The maximum absolute atomic E-state index is 12.4. The van der Waals surface area contributed by atoms with Gasteiger partial charge in [-0.25, -0.2) is 10.0 Å². The second-order valence-electron chi connectivity index (χ2n) is 4.56. The van der Waals surface area contributed by atoms with Crippen LogP contribution in [0.2, 0.25) is 0 Å². The van der Waals surface area contributed by atoms with Gasteiger partial charge in [-0.2, -0.15) is 0 Å². The van der Waals surface area contributed by atoms with E-state index in [2.05, 4.69) is 0 Å². The lowest BCUT2D eigenvalue weighted by molar-refractivity contribution is -0.122. The molecule has 0 radical (unpaired) electrons. The van der Waals surface area contributed by atoms with Crippen molar-refractivity contribution in [3.8, 4) is 0 Å². The van der Waals surface area contributed by atoms with E-state index < -0.39 is 0 Å². The van der Waals surface area contributed by atoms with Crippen LogP contribution in [-0.2, 0) is 9.59 Å². The molecule has 0 spiro atoms. The van der Waals surface area contributed by atoms with Crippen LogP contribution < -0.4 is 10.0 Å². The van der Waals surface area contributed by atoms with E-state index in [1.165, 1.54) is 16.9 Å². The molecule has 0 aliphatic heterocycles. The zero-order chi connectivity index (χ0) is 15.2. The van der Waals surface area contributed by atoms with E-state index >= 15 is 0 Å². The number of para-hydroxylation sites is 2. The Labute approximate surface area is 124 Å². The molecule has 2 aromatic carbocycles. The van der Waals surface area contributed by atoms with Crippen LogP contribution in [0.15, 0.2) is 60.7 Å². The average molecular weight is 282 g/mol. The molecule has 0 heterocycles. The first-order chi connectivity index (χ1) is 10.1. The maximum Gasteiger partial charge on any atom is 0.245 e. The Morgan fingerprint density at radius 2 is 1.24 bits per heavy atom. The number of hydrogen-bond acceptors (Lipinski definition) is 2. The van der Waals surface area contributed by atoms with Crippen LogP contribution in [0, 0.1) is 0 Å². The number of carbonyl (C=O) groups excluding carboxylic acids is 2. The summed E-state index contributed by atoms with van der Waals surface area (Å²) in [5, 5.41) is 2.83. The standard InChI is InChI=1S/C17H18N2O2/c1-3-17(21)19(16-12-8-5-9-13-16)18(14(2)20)15-10-6-4-7-11-15/h4-13H,3H2,1-2H3. The Morgan fingerprint density at radius 1 is 0.810 bits per heavy atom. The Bertz CT molecular complexity index is 611. The maximum atomic E-state index is 12.4. The average Bonchev–Trinajstić information content (AvgIpc) is 2.53. The minimum absolute atomic E-state index is 0.139. The van der Waals surface area contributed by atoms with Crippen LogP contribution in [-0.4, -0.2) is 11.8 Å². The van der Waals surface area contributed by atoms with Crippen molar-refractivity contribution in [2.45, 2.75) is 20.3 Å². The van der Waals surface area contributed by atoms with Crippen LogP contribution in [0.1, 0.15) is 20.3 Å². The monoisotopic (exact) mass is 282 g/mol. The largest absolute Gasteiger partial charge is 0.273 e. The Morgan fingerprint density at radius 3 is 1.62 bits per heavy atom. The number of hydrogen-bond donors (Lipinski definition) is 0. The lowest BCUT2D eigenvalue weighted by Crippen LogP contribution is -2.49. The lowest BCUT2D eigenvalue weighted by Gasteiger charge is -2.34. The van der Waals surface area contributed by atoms with Crippen LogP contribution in [0.3, 0.4) is 0 Å². The molecule has 0 N–H and O–H groups in total. The van der Waals surface area contributed by atoms with Crippen molar-refractivity contribution in [2.24, 2.45) is 0 Å². The van der Waals surface area contributed by atoms with Crippen molar-refractivity contribution in [3.63, 3.8) is 0 Å². The highest BCUT2D eigenvalue weighted by Gasteiger charge is 2.25. The van der Waals surface area contributed by atoms with Gasteiger partial charge in [0.25, 0.3) is 0 Å². The predicted octanol–water partition coefficient (Wildman–Crippen LogP) is 3.40. The molecule has 2 rings (SSSR count). The third-order valence-electron chi connectivity index (χ3n) is 3.04. The third-order valence-corrected chi connectivity index (χ3v) is 3.04. The predicted molar refractivity (Wildman–Crippen MR) is 83.8 cm³/mol. The summed E-state index contributed by atoms with van der Waals surface area (Å²) in [6, 6.07) is 18.3. The van der Waals surface area contributed by atoms with Crippen LogP contribution in [0.4, 0.5) is 11.4 Å². The van der Waals surface area contributed by atoms with Gasteiger partial charge < -0.3 is 0 Å². The number of anilines is 2. The fourth-order valence-corrected chi connectivity index (χ4v) is 2.10. The first-order valence-corrected chi connectivity index (χ1v) is 6.88. The summed E-state index contributed by atoms with van der Waals surface area (Å²) in [5.41, 5.74) is 1.33. The number of rotatable bonds is 3. The van der Waals surface area contributed by atoms with Gasteiger partial charge in [-0.3, -0.25) is 9.59 Å². The van der Waals surface area contributed by atoms with E-state index in [0.717, 1.165) is 0 Å². The second kappa shape index (κ2) is 6.70. The minimum Gasteiger partial charge on any atom is -0.273 e. The van der Waals surface area contributed by atoms with Gasteiger partial charge >= 0.3 is 0 Å². The van der Waals surface area contributed by atoms with Gasteiger partial charge in [0.1, 0.15) is 0 Å². The van der Waals surface area contributed by atoms with Gasteiger partial charge in [0, 0.05) is 13.3 Å². The van der Waals surface area contributed by atoms with Gasteiger partial charge in [0.2, 0.25) is 11.8 Å². The summed E-state index contributed by atoms with van der Waals surface area (Å²) in [6.07, 6.45) is 0.311. The summed E-state index contributed by atoms with van der Waals surface area (Å²) >= 11 is 0. The van der Waals surface area contributed by atoms with Crippen LogP contribution in [0.25, 0.3) is 0 Å². The topological polar surface area (TPSA) is 40.6 Å². The second-order valence-corrected chi connectivity index (χ2v) is 4.56. The zero-order valence-electron chi connectivity index (χ0n) is 12.2. The van der Waals surface area contributed by atoms with Crippen molar-refractivity contribution in [3.05, 3.63) is 60.7 Å². The minimum atomic E-state index is -0.216. The van der Waals surface area contributed by atoms with Gasteiger partial charge in [0.05, 0.1) is 11.4 Å². The number of benzene rings is 2. The van der Waals surface area contributed by atoms with Crippen LogP contribution >= 0.6 is 0 Å². The highest BCUT2D eigenvalue weighted by atomic mass is 16.2. The Kier molecular flexibility index (Phi) is 4.72. The molecule has 4 nitrogen and oxygen atoms in total. The van der Waals surface area contributed by atoms with Crippen LogP contribution in [0.5, 0.6) is 0 Å². The fourth-order valence-electron chi connectivity index (χ4n) is 2.10. The summed E-state index contributed by atoms with van der Waals surface area (Å²) < 4.78 is 0. The van der Waals surface area contributed by atoms with Gasteiger partial charge in [-0.15, -0.1) is 0 Å². The molecular weight excluding hydrogens is 264 g/mol. The molecular formula is C17H18N2O2. The van der Waals surface area contributed by atoms with E-state index in [0.29, 0.717) is 17.8 Å². The molecule has 21 heavy (non-hydrogen) atoms. The SMILES string of the molecule is CCC(=O)N(c1ccccc1)N(C(C)=O)c1ccccc1. The molecule has 2 amide bonds. The number of amides is 2. The van der Waals surface area contributed by atoms with Crippen molar-refractivity contribution in [1.82, 2.24) is 0 Å². The number of hydrazine groups is 1. The molecule has 0 saturated carbocycles. The summed E-state index contributed by atoms with van der Waals surface area (Å²) in [6.45, 7) is 3.23. The van der Waals surface area contributed by atoms with Gasteiger partial charge in [-0.05, 0) is 24.3 Å². The molecule has 2 aromatic rings. The normalized spacial score (nSPS) is 10.0. The summed E-state index contributed by atoms with van der Waals surface area (Å²) in [7, 11) is 0. The van der Waals surface area contributed by atoms with Crippen molar-refractivity contribution < 1.29 is 9.59 Å². The lowest BCUT2D eigenvalue weighted by atomic mass is 10.2. The smallest absolute Gasteiger partial charge is 0.245 e. The van der Waals surface area contributed by atoms with E-state index in [9.17, 15) is 9.59 Å². The first-order valence-electron chi connectivity index (χ1n) is 6.88.